The molecule has 0 unspecified atom stereocenters. The van der Waals surface area contributed by atoms with Gasteiger partial charge in [0.2, 0.25) is 11.2 Å². The number of nitrogens with one attached hydrogen (secondary N) is 1. The molecule has 0 aliphatic carbocycles. The first-order chi connectivity index (χ1) is 7.11. The van der Waals surface area contributed by atoms with Crippen molar-refractivity contribution in [2.24, 2.45) is 0 Å². The van der Waals surface area contributed by atoms with Crippen LogP contribution in [0.4, 0.5) is 5.82 Å². The molecule has 15 heavy (non-hydrogen) atoms. The summed E-state index contributed by atoms with van der Waals surface area (Å²) in [6, 6.07) is 1.46. The smallest absolute Gasteiger partial charge is 0.225 e. The molecule has 1 aromatic rings. The summed E-state index contributed by atoms with van der Waals surface area (Å²) < 4.78 is 0. The molecule has 82 valence electrons. The van der Waals surface area contributed by atoms with Gasteiger partial charge in [0.05, 0.1) is 0 Å². The molecule has 1 rings (SSSR count). The van der Waals surface area contributed by atoms with Crippen LogP contribution in [0, 0.1) is 0 Å². The van der Waals surface area contributed by atoms with Gasteiger partial charge in [-0.2, -0.15) is 0 Å². The third kappa shape index (κ3) is 4.44. The lowest BCUT2D eigenvalue weighted by Crippen LogP contribution is -2.12. The molecule has 0 aromatic carbocycles. The fourth-order valence-corrected chi connectivity index (χ4v) is 1.41. The largest absolute Gasteiger partial charge is 0.311 e. The van der Waals surface area contributed by atoms with Crippen LogP contribution in [0.1, 0.15) is 26.2 Å². The first kappa shape index (κ1) is 12.2. The Morgan fingerprint density at radius 2 is 2.20 bits per heavy atom. The van der Waals surface area contributed by atoms with Crippen molar-refractivity contribution in [1.29, 1.82) is 0 Å². The van der Waals surface area contributed by atoms with Gasteiger partial charge in [-0.25, -0.2) is 9.97 Å². The topological polar surface area (TPSA) is 54.9 Å². The van der Waals surface area contributed by atoms with E-state index in [0.717, 1.165) is 12.8 Å². The zero-order chi connectivity index (χ0) is 11.3. The van der Waals surface area contributed by atoms with Gasteiger partial charge in [-0.3, -0.25) is 4.79 Å². The fraction of sp³-hybridized carbons (Fsp3) is 0.444. The molecule has 0 radical (unpaired) electrons. The maximum Gasteiger partial charge on any atom is 0.225 e. The minimum Gasteiger partial charge on any atom is -0.311 e. The lowest BCUT2D eigenvalue weighted by atomic mass is 10.2. The number of halogens is 2. The Bertz CT molecular complexity index is 337. The van der Waals surface area contributed by atoms with Crippen molar-refractivity contribution in [3.63, 3.8) is 0 Å². The molecule has 0 saturated heterocycles. The molecule has 0 bridgehead atoms. The lowest BCUT2D eigenvalue weighted by Gasteiger charge is -2.03. The van der Waals surface area contributed by atoms with Gasteiger partial charge in [-0.15, -0.1) is 0 Å². The molecular weight excluding hydrogens is 237 g/mol. The second-order valence-electron chi connectivity index (χ2n) is 3.00. The molecule has 1 amide bonds. The van der Waals surface area contributed by atoms with Gasteiger partial charge >= 0.3 is 0 Å². The van der Waals surface area contributed by atoms with Crippen LogP contribution >= 0.6 is 23.2 Å². The van der Waals surface area contributed by atoms with E-state index in [-0.39, 0.29) is 16.3 Å². The monoisotopic (exact) mass is 247 g/mol. The van der Waals surface area contributed by atoms with Crippen LogP contribution in [0.3, 0.4) is 0 Å². The molecule has 4 nitrogen and oxygen atoms in total. The Morgan fingerprint density at radius 3 is 2.80 bits per heavy atom. The third-order valence-corrected chi connectivity index (χ3v) is 2.06. The number of rotatable bonds is 4. The molecule has 1 aromatic heterocycles. The van der Waals surface area contributed by atoms with E-state index in [2.05, 4.69) is 15.3 Å². The second kappa shape index (κ2) is 5.88. The zero-order valence-corrected chi connectivity index (χ0v) is 9.77. The summed E-state index contributed by atoms with van der Waals surface area (Å²) in [6.07, 6.45) is 2.28. The molecule has 0 fully saturated rings. The highest BCUT2D eigenvalue weighted by molar-refractivity contribution is 6.32. The number of anilines is 1. The van der Waals surface area contributed by atoms with Crippen molar-refractivity contribution < 1.29 is 4.79 Å². The number of nitrogens with zero attached hydrogens (tertiary/aromatic N) is 2. The average molecular weight is 248 g/mol. The Labute approximate surface area is 98.0 Å². The Hall–Kier alpha value is -0.870. The minimum atomic E-state index is -0.0947. The SMILES string of the molecule is CCCCC(=O)Nc1cc(Cl)nc(Cl)n1. The molecule has 0 aliphatic rings. The first-order valence-corrected chi connectivity index (χ1v) is 5.37. The number of amides is 1. The summed E-state index contributed by atoms with van der Waals surface area (Å²) in [5.41, 5.74) is 0. The van der Waals surface area contributed by atoms with Crippen molar-refractivity contribution in [2.45, 2.75) is 26.2 Å². The van der Waals surface area contributed by atoms with E-state index < -0.39 is 0 Å². The number of carbonyl (C=O) groups is 1. The molecule has 6 heteroatoms. The van der Waals surface area contributed by atoms with Gasteiger partial charge in [-0.1, -0.05) is 24.9 Å². The molecule has 1 heterocycles. The van der Waals surface area contributed by atoms with Gasteiger partial charge in [0.25, 0.3) is 0 Å². The van der Waals surface area contributed by atoms with Crippen LogP contribution in [0.25, 0.3) is 0 Å². The average Bonchev–Trinajstić information content (AvgIpc) is 2.13. The summed E-state index contributed by atoms with van der Waals surface area (Å²) in [5, 5.41) is 2.83. The number of aromatic nitrogens is 2. The summed E-state index contributed by atoms with van der Waals surface area (Å²) in [4.78, 5) is 18.8. The van der Waals surface area contributed by atoms with Gasteiger partial charge in [0.15, 0.2) is 0 Å². The van der Waals surface area contributed by atoms with E-state index in [1.165, 1.54) is 6.07 Å². The van der Waals surface area contributed by atoms with E-state index in [0.29, 0.717) is 12.2 Å². The standard InChI is InChI=1S/C9H11Cl2N3O/c1-2-3-4-8(15)13-7-5-6(10)12-9(11)14-7/h5H,2-4H2,1H3,(H,12,13,14,15). The van der Waals surface area contributed by atoms with E-state index >= 15 is 0 Å². The summed E-state index contributed by atoms with van der Waals surface area (Å²) >= 11 is 11.2. The lowest BCUT2D eigenvalue weighted by molar-refractivity contribution is -0.116. The van der Waals surface area contributed by atoms with E-state index in [4.69, 9.17) is 23.2 Å². The molecular formula is C9H11Cl2N3O. The maximum absolute atomic E-state index is 11.3. The predicted octanol–water partition coefficient (Wildman–Crippen LogP) is 2.91. The molecule has 1 N–H and O–H groups in total. The highest BCUT2D eigenvalue weighted by Crippen LogP contribution is 2.14. The quantitative estimate of drug-likeness (QED) is 0.658. The number of unbranched alkanes of at least 4 members (excludes halogenated alkanes) is 1. The van der Waals surface area contributed by atoms with Crippen molar-refractivity contribution in [3.8, 4) is 0 Å². The van der Waals surface area contributed by atoms with Crippen LogP contribution < -0.4 is 5.32 Å². The van der Waals surface area contributed by atoms with Crippen molar-refractivity contribution in [3.05, 3.63) is 16.5 Å². The number of hydrogen-bond donors (Lipinski definition) is 1. The normalized spacial score (nSPS) is 10.1. The minimum absolute atomic E-state index is 0.0216. The third-order valence-electron chi connectivity index (χ3n) is 1.69. The first-order valence-electron chi connectivity index (χ1n) is 4.61. The van der Waals surface area contributed by atoms with E-state index in [1.807, 2.05) is 6.92 Å². The van der Waals surface area contributed by atoms with E-state index in [1.54, 1.807) is 0 Å². The highest BCUT2D eigenvalue weighted by Gasteiger charge is 2.05. The Kier molecular flexibility index (Phi) is 4.78. The molecule has 0 saturated carbocycles. The van der Waals surface area contributed by atoms with Crippen LogP contribution in [-0.4, -0.2) is 15.9 Å². The molecule has 0 spiro atoms. The van der Waals surface area contributed by atoms with E-state index in [9.17, 15) is 4.79 Å². The van der Waals surface area contributed by atoms with Gasteiger partial charge in [0.1, 0.15) is 11.0 Å². The van der Waals surface area contributed by atoms with Crippen LogP contribution in [0.2, 0.25) is 10.4 Å². The predicted molar refractivity (Wildman–Crippen MR) is 60.2 cm³/mol. The summed E-state index contributed by atoms with van der Waals surface area (Å²) in [7, 11) is 0. The number of hydrogen-bond acceptors (Lipinski definition) is 3. The molecule has 0 aliphatic heterocycles. The Morgan fingerprint density at radius 1 is 1.47 bits per heavy atom. The molecule has 0 atom stereocenters. The van der Waals surface area contributed by atoms with Gasteiger partial charge < -0.3 is 5.32 Å². The zero-order valence-electron chi connectivity index (χ0n) is 8.26. The van der Waals surface area contributed by atoms with Gasteiger partial charge in [0, 0.05) is 12.5 Å². The van der Waals surface area contributed by atoms with Crippen LogP contribution in [0.5, 0.6) is 0 Å². The second-order valence-corrected chi connectivity index (χ2v) is 3.72. The number of carbonyl (C=O) groups excluding carboxylic acids is 1. The van der Waals surface area contributed by atoms with Crippen LogP contribution in [0.15, 0.2) is 6.07 Å². The van der Waals surface area contributed by atoms with Crippen LogP contribution in [-0.2, 0) is 4.79 Å². The van der Waals surface area contributed by atoms with Gasteiger partial charge in [-0.05, 0) is 18.0 Å². The van der Waals surface area contributed by atoms with Crippen molar-refractivity contribution >= 4 is 34.9 Å². The van der Waals surface area contributed by atoms with Crippen molar-refractivity contribution in [2.75, 3.05) is 5.32 Å². The summed E-state index contributed by atoms with van der Waals surface area (Å²) in [5.74, 6) is 0.240. The highest BCUT2D eigenvalue weighted by atomic mass is 35.5. The Balaban J connectivity index is 2.60. The fourth-order valence-electron chi connectivity index (χ4n) is 0.997. The maximum atomic E-state index is 11.3. The summed E-state index contributed by atoms with van der Waals surface area (Å²) in [6.45, 7) is 2.02. The van der Waals surface area contributed by atoms with Crippen molar-refractivity contribution in [1.82, 2.24) is 9.97 Å².